The lowest BCUT2D eigenvalue weighted by Gasteiger charge is -2.33. The fourth-order valence-corrected chi connectivity index (χ4v) is 5.05. The number of aromatic nitrogens is 2. The molecule has 32 heavy (non-hydrogen) atoms. The summed E-state index contributed by atoms with van der Waals surface area (Å²) < 4.78 is 40.4. The number of halogens is 3. The van der Waals surface area contributed by atoms with E-state index in [9.17, 15) is 22.8 Å². The Kier molecular flexibility index (Phi) is 6.26. The van der Waals surface area contributed by atoms with Gasteiger partial charge in [-0.15, -0.1) is 0 Å². The lowest BCUT2D eigenvalue weighted by atomic mass is 9.72. The van der Waals surface area contributed by atoms with Gasteiger partial charge in [0.2, 0.25) is 0 Å². The second kappa shape index (κ2) is 8.96. The van der Waals surface area contributed by atoms with Crippen LogP contribution in [0.5, 0.6) is 0 Å². The van der Waals surface area contributed by atoms with Crippen LogP contribution in [0.4, 0.5) is 13.2 Å². The molecule has 2 aliphatic carbocycles. The molecule has 0 amide bonds. The lowest BCUT2D eigenvalue weighted by molar-refractivity contribution is -0.137. The standard InChI is InChI=1S/C25H27F3N2O2/c1-30-23(31)21(15-16-6-5-9-20(14-16)25(26,27)28)22(29-24(30)32)19-12-10-18(11-13-19)17-7-3-2-4-8-17/h2-7,9,14,17-19H,8,10-13,15H2,1H3,(H,29,32)/t17?,18-,19-. The molecule has 1 unspecified atom stereocenters. The van der Waals surface area contributed by atoms with Gasteiger partial charge < -0.3 is 4.98 Å². The Hall–Kier alpha value is -2.83. The topological polar surface area (TPSA) is 54.9 Å². The van der Waals surface area contributed by atoms with Gasteiger partial charge in [-0.1, -0.05) is 42.5 Å². The number of allylic oxidation sites excluding steroid dienone is 4. The molecule has 1 aromatic carbocycles. The molecular formula is C25H27F3N2O2. The minimum Gasteiger partial charge on any atom is -0.310 e. The number of aromatic amines is 1. The van der Waals surface area contributed by atoms with Crippen LogP contribution >= 0.6 is 0 Å². The highest BCUT2D eigenvalue weighted by molar-refractivity contribution is 5.33. The second-order valence-corrected chi connectivity index (χ2v) is 8.89. The van der Waals surface area contributed by atoms with E-state index in [2.05, 4.69) is 29.3 Å². The van der Waals surface area contributed by atoms with Crippen molar-refractivity contribution in [3.05, 3.63) is 91.8 Å². The van der Waals surface area contributed by atoms with E-state index in [-0.39, 0.29) is 12.3 Å². The molecule has 0 spiro atoms. The van der Waals surface area contributed by atoms with E-state index in [0.717, 1.165) is 48.8 Å². The molecule has 7 heteroatoms. The minimum atomic E-state index is -4.45. The van der Waals surface area contributed by atoms with E-state index in [4.69, 9.17) is 0 Å². The SMILES string of the molecule is Cn1c(=O)[nH]c([C@H]2CC[C@H](C3C=CC=CC3)CC2)c(Cc2cccc(C(F)(F)F)c2)c1=O. The first-order valence-electron chi connectivity index (χ1n) is 11.1. The zero-order valence-corrected chi connectivity index (χ0v) is 18.0. The summed E-state index contributed by atoms with van der Waals surface area (Å²) in [6.45, 7) is 0. The highest BCUT2D eigenvalue weighted by Crippen LogP contribution is 2.40. The number of rotatable bonds is 4. The minimum absolute atomic E-state index is 0.0248. The molecule has 1 N–H and O–H groups in total. The molecule has 0 bridgehead atoms. The summed E-state index contributed by atoms with van der Waals surface area (Å²) in [6.07, 6.45) is 8.91. The van der Waals surface area contributed by atoms with Crippen molar-refractivity contribution in [3.63, 3.8) is 0 Å². The van der Waals surface area contributed by atoms with E-state index in [1.807, 2.05) is 0 Å². The van der Waals surface area contributed by atoms with Gasteiger partial charge in [0.25, 0.3) is 5.56 Å². The van der Waals surface area contributed by atoms with Crippen LogP contribution in [0.2, 0.25) is 0 Å². The van der Waals surface area contributed by atoms with Gasteiger partial charge in [0.1, 0.15) is 0 Å². The van der Waals surface area contributed by atoms with Crippen LogP contribution in [-0.2, 0) is 19.6 Å². The zero-order valence-electron chi connectivity index (χ0n) is 18.0. The Morgan fingerprint density at radius 1 is 1.09 bits per heavy atom. The summed E-state index contributed by atoms with van der Waals surface area (Å²) in [5.41, 5.74) is -0.293. The van der Waals surface area contributed by atoms with Gasteiger partial charge in [0.15, 0.2) is 0 Å². The molecule has 0 saturated heterocycles. The predicted molar refractivity (Wildman–Crippen MR) is 118 cm³/mol. The Labute approximate surface area is 184 Å². The monoisotopic (exact) mass is 444 g/mol. The van der Waals surface area contributed by atoms with Crippen molar-refractivity contribution >= 4 is 0 Å². The lowest BCUT2D eigenvalue weighted by Crippen LogP contribution is -2.38. The van der Waals surface area contributed by atoms with Crippen molar-refractivity contribution in [1.29, 1.82) is 0 Å². The molecular weight excluding hydrogens is 417 g/mol. The van der Waals surface area contributed by atoms with Crippen LogP contribution in [0.1, 0.15) is 60.4 Å². The third kappa shape index (κ3) is 4.66. The van der Waals surface area contributed by atoms with Crippen LogP contribution in [-0.4, -0.2) is 9.55 Å². The van der Waals surface area contributed by atoms with Crippen molar-refractivity contribution in [2.24, 2.45) is 18.9 Å². The summed E-state index contributed by atoms with van der Waals surface area (Å²) >= 11 is 0. The van der Waals surface area contributed by atoms with Crippen LogP contribution in [0.3, 0.4) is 0 Å². The Morgan fingerprint density at radius 2 is 1.84 bits per heavy atom. The Balaban J connectivity index is 1.61. The van der Waals surface area contributed by atoms with Crippen LogP contribution in [0, 0.1) is 11.8 Å². The van der Waals surface area contributed by atoms with Crippen LogP contribution < -0.4 is 11.2 Å². The predicted octanol–water partition coefficient (Wildman–Crippen LogP) is 5.09. The maximum absolute atomic E-state index is 13.1. The van der Waals surface area contributed by atoms with Crippen molar-refractivity contribution in [3.8, 4) is 0 Å². The normalized spacial score (nSPS) is 23.4. The molecule has 2 aliphatic rings. The molecule has 2 aromatic rings. The van der Waals surface area contributed by atoms with Crippen molar-refractivity contribution < 1.29 is 13.2 Å². The average molecular weight is 444 g/mol. The van der Waals surface area contributed by atoms with E-state index in [1.165, 1.54) is 13.1 Å². The number of alkyl halides is 3. The molecule has 1 fully saturated rings. The number of hydrogen-bond donors (Lipinski definition) is 1. The largest absolute Gasteiger partial charge is 0.416 e. The van der Waals surface area contributed by atoms with E-state index < -0.39 is 23.0 Å². The summed E-state index contributed by atoms with van der Waals surface area (Å²) in [5, 5.41) is 0. The van der Waals surface area contributed by atoms with Crippen molar-refractivity contribution in [2.75, 3.05) is 0 Å². The zero-order chi connectivity index (χ0) is 22.9. The highest BCUT2D eigenvalue weighted by atomic mass is 19.4. The average Bonchev–Trinajstić information content (AvgIpc) is 2.80. The Bertz CT molecular complexity index is 1150. The van der Waals surface area contributed by atoms with Gasteiger partial charge in [0.05, 0.1) is 5.56 Å². The molecule has 4 rings (SSSR count). The van der Waals surface area contributed by atoms with Gasteiger partial charge in [-0.3, -0.25) is 9.36 Å². The van der Waals surface area contributed by atoms with E-state index in [0.29, 0.717) is 28.7 Å². The molecule has 0 aliphatic heterocycles. The molecule has 170 valence electrons. The van der Waals surface area contributed by atoms with Crippen LogP contribution in [0.25, 0.3) is 0 Å². The second-order valence-electron chi connectivity index (χ2n) is 8.89. The first-order chi connectivity index (χ1) is 15.2. The molecule has 1 aromatic heterocycles. The summed E-state index contributed by atoms with van der Waals surface area (Å²) in [7, 11) is 1.39. The van der Waals surface area contributed by atoms with Gasteiger partial charge in [-0.05, 0) is 61.5 Å². The van der Waals surface area contributed by atoms with Gasteiger partial charge in [0, 0.05) is 24.7 Å². The summed E-state index contributed by atoms with van der Waals surface area (Å²) in [5.74, 6) is 1.11. The summed E-state index contributed by atoms with van der Waals surface area (Å²) in [4.78, 5) is 28.2. The molecule has 1 heterocycles. The van der Waals surface area contributed by atoms with Crippen molar-refractivity contribution in [1.82, 2.24) is 9.55 Å². The molecule has 1 atom stereocenters. The first kappa shape index (κ1) is 22.4. The fourth-order valence-electron chi connectivity index (χ4n) is 5.05. The van der Waals surface area contributed by atoms with E-state index >= 15 is 0 Å². The van der Waals surface area contributed by atoms with Crippen LogP contribution in [0.15, 0.2) is 58.2 Å². The smallest absolute Gasteiger partial charge is 0.310 e. The number of nitrogens with zero attached hydrogens (tertiary/aromatic N) is 1. The Morgan fingerprint density at radius 3 is 2.50 bits per heavy atom. The van der Waals surface area contributed by atoms with Gasteiger partial charge in [-0.25, -0.2) is 4.79 Å². The highest BCUT2D eigenvalue weighted by Gasteiger charge is 2.32. The summed E-state index contributed by atoms with van der Waals surface area (Å²) in [6, 6.07) is 5.04. The third-order valence-electron chi connectivity index (χ3n) is 6.87. The maximum Gasteiger partial charge on any atom is 0.416 e. The quantitative estimate of drug-likeness (QED) is 0.714. The number of H-pyrrole nitrogens is 1. The number of nitrogens with one attached hydrogen (secondary N) is 1. The van der Waals surface area contributed by atoms with E-state index in [1.54, 1.807) is 6.07 Å². The van der Waals surface area contributed by atoms with Gasteiger partial charge >= 0.3 is 11.9 Å². The van der Waals surface area contributed by atoms with Gasteiger partial charge in [-0.2, -0.15) is 13.2 Å². The molecule has 1 saturated carbocycles. The maximum atomic E-state index is 13.1. The van der Waals surface area contributed by atoms with Crippen molar-refractivity contribution in [2.45, 2.75) is 50.6 Å². The number of hydrogen-bond acceptors (Lipinski definition) is 2. The number of benzene rings is 1. The molecule has 4 nitrogen and oxygen atoms in total. The first-order valence-corrected chi connectivity index (χ1v) is 11.1. The fraction of sp³-hybridized carbons (Fsp3) is 0.440. The molecule has 0 radical (unpaired) electrons. The third-order valence-corrected chi connectivity index (χ3v) is 6.87.